The lowest BCUT2D eigenvalue weighted by Crippen LogP contribution is -2.65. The molecule has 1 fully saturated rings. The van der Waals surface area contributed by atoms with Crippen molar-refractivity contribution < 1.29 is 34.4 Å². The molecule has 0 bridgehead atoms. The zero-order chi connectivity index (χ0) is 27.6. The average molecular weight is 623 g/mol. The van der Waals surface area contributed by atoms with Gasteiger partial charge in [-0.1, -0.05) is 12.7 Å². The van der Waals surface area contributed by atoms with Crippen LogP contribution in [0.4, 0.5) is 5.69 Å². The number of likely N-dealkylation sites (N-methyl/N-ethyl adjacent to an activating group) is 1. The van der Waals surface area contributed by atoms with E-state index in [0.29, 0.717) is 21.3 Å². The lowest BCUT2D eigenvalue weighted by molar-refractivity contribution is -0.153. The fourth-order valence-corrected chi connectivity index (χ4v) is 6.65. The summed E-state index contributed by atoms with van der Waals surface area (Å²) in [6, 6.07) is 0.839. The van der Waals surface area contributed by atoms with Crippen LogP contribution in [-0.2, 0) is 20.8 Å². The Bertz CT molecular complexity index is 1300. The van der Waals surface area contributed by atoms with E-state index < -0.39 is 52.3 Å². The van der Waals surface area contributed by atoms with Crippen LogP contribution in [0.2, 0.25) is 0 Å². The minimum atomic E-state index is -2.61. The highest BCUT2D eigenvalue weighted by Crippen LogP contribution is 2.54. The molecule has 0 unspecified atom stereocenters. The molecule has 11 heteroatoms. The van der Waals surface area contributed by atoms with Gasteiger partial charge in [0, 0.05) is 31.3 Å². The van der Waals surface area contributed by atoms with Gasteiger partial charge >= 0.3 is 0 Å². The van der Waals surface area contributed by atoms with Crippen LogP contribution in [0, 0.1) is 15.4 Å². The van der Waals surface area contributed by atoms with Crippen molar-refractivity contribution >= 4 is 51.5 Å². The molecule has 0 heterocycles. The van der Waals surface area contributed by atoms with Crippen molar-refractivity contribution in [2.75, 3.05) is 39.7 Å². The van der Waals surface area contributed by atoms with Gasteiger partial charge in [0.25, 0.3) is 5.91 Å². The van der Waals surface area contributed by atoms with Crippen LogP contribution >= 0.6 is 22.6 Å². The number of nitrogens with zero attached hydrogens (tertiary/aromatic N) is 2. The van der Waals surface area contributed by atoms with Crippen molar-refractivity contribution in [2.45, 2.75) is 24.5 Å². The Morgan fingerprint density at radius 2 is 1.95 bits per heavy atom. The number of rotatable bonds is 6. The molecule has 37 heavy (non-hydrogen) atoms. The number of hydrogen-bond donors (Lipinski definition) is 4. The number of ether oxygens (including phenoxy) is 1. The Hall–Kier alpha value is -2.90. The SMILES string of the molecule is C=CCOc1c(I)cc(N(C)C)c2c1C(O)=C1C(=O)[C@]3(O)C(O)=C(C(N)=O)C(=O)[C@@H](N(C)C)[C@@H]3C[C@@H]1C2. The molecule has 0 aromatic heterocycles. The lowest BCUT2D eigenvalue weighted by Gasteiger charge is -2.50. The van der Waals surface area contributed by atoms with Crippen LogP contribution in [-0.4, -0.2) is 84.1 Å². The van der Waals surface area contributed by atoms with Crippen LogP contribution in [0.3, 0.4) is 0 Å². The van der Waals surface area contributed by atoms with E-state index in [4.69, 9.17) is 10.5 Å². The normalized spacial score (nSPS) is 27.1. The second kappa shape index (κ2) is 9.44. The molecule has 3 aliphatic rings. The Morgan fingerprint density at radius 3 is 2.49 bits per heavy atom. The minimum Gasteiger partial charge on any atom is -0.508 e. The number of carbonyl (C=O) groups excluding carboxylic acids is 3. The highest BCUT2D eigenvalue weighted by molar-refractivity contribution is 14.1. The highest BCUT2D eigenvalue weighted by Gasteiger charge is 2.64. The number of benzene rings is 1. The summed E-state index contributed by atoms with van der Waals surface area (Å²) in [6.45, 7) is 3.83. The van der Waals surface area contributed by atoms with E-state index in [0.717, 1.165) is 11.3 Å². The molecular weight excluding hydrogens is 593 g/mol. The Labute approximate surface area is 228 Å². The number of Topliss-reactive ketones (excluding diaryl/α,β-unsaturated/α-hetero) is 2. The van der Waals surface area contributed by atoms with Gasteiger partial charge in [-0.25, -0.2) is 0 Å². The summed E-state index contributed by atoms with van der Waals surface area (Å²) >= 11 is 2.09. The van der Waals surface area contributed by atoms with Gasteiger partial charge in [0.1, 0.15) is 29.4 Å². The molecule has 1 aromatic rings. The number of aliphatic hydroxyl groups is 3. The topological polar surface area (TPSA) is 154 Å². The van der Waals surface area contributed by atoms with Gasteiger partial charge in [-0.05, 0) is 67.1 Å². The smallest absolute Gasteiger partial charge is 0.255 e. The third kappa shape index (κ3) is 3.86. The number of primary amides is 1. The molecule has 4 atom stereocenters. The molecular formula is C26H30IN3O7. The molecule has 10 nitrogen and oxygen atoms in total. The van der Waals surface area contributed by atoms with Crippen molar-refractivity contribution in [1.29, 1.82) is 0 Å². The molecule has 0 aliphatic heterocycles. The zero-order valence-electron chi connectivity index (χ0n) is 21.0. The van der Waals surface area contributed by atoms with Crippen molar-refractivity contribution in [2.24, 2.45) is 17.6 Å². The number of nitrogens with two attached hydrogens (primary N) is 1. The van der Waals surface area contributed by atoms with E-state index in [1.54, 1.807) is 20.2 Å². The first-order chi connectivity index (χ1) is 17.3. The van der Waals surface area contributed by atoms with E-state index in [-0.39, 0.29) is 24.4 Å². The Kier molecular flexibility index (Phi) is 6.93. The fourth-order valence-electron chi connectivity index (χ4n) is 5.93. The van der Waals surface area contributed by atoms with Gasteiger partial charge in [0.05, 0.1) is 15.2 Å². The number of carbonyl (C=O) groups is 3. The quantitative estimate of drug-likeness (QED) is 0.210. The third-order valence-corrected chi connectivity index (χ3v) is 8.26. The van der Waals surface area contributed by atoms with Crippen molar-refractivity contribution in [3.8, 4) is 5.75 Å². The van der Waals surface area contributed by atoms with Gasteiger partial charge < -0.3 is 30.7 Å². The van der Waals surface area contributed by atoms with Gasteiger partial charge in [0.2, 0.25) is 5.78 Å². The molecule has 0 saturated heterocycles. The predicted octanol–water partition coefficient (Wildman–Crippen LogP) is 1.49. The third-order valence-electron chi connectivity index (χ3n) is 7.46. The molecule has 0 radical (unpaired) electrons. The lowest BCUT2D eigenvalue weighted by atomic mass is 9.57. The minimum absolute atomic E-state index is 0.0800. The number of aliphatic hydroxyl groups excluding tert-OH is 2. The summed E-state index contributed by atoms with van der Waals surface area (Å²) in [6.07, 6.45) is 1.97. The number of anilines is 1. The monoisotopic (exact) mass is 623 g/mol. The Balaban J connectivity index is 2.01. The summed E-state index contributed by atoms with van der Waals surface area (Å²) in [5.41, 5.74) is 3.79. The summed E-state index contributed by atoms with van der Waals surface area (Å²) in [7, 11) is 6.91. The zero-order valence-corrected chi connectivity index (χ0v) is 23.2. The van der Waals surface area contributed by atoms with Crippen LogP contribution < -0.4 is 15.4 Å². The molecule has 5 N–H and O–H groups in total. The predicted molar refractivity (Wildman–Crippen MR) is 145 cm³/mol. The second-order valence-corrected chi connectivity index (χ2v) is 11.2. The number of hydrogen-bond acceptors (Lipinski definition) is 9. The van der Waals surface area contributed by atoms with Gasteiger partial charge in [0.15, 0.2) is 11.4 Å². The summed E-state index contributed by atoms with van der Waals surface area (Å²) in [5, 5.41) is 34.3. The first kappa shape index (κ1) is 27.1. The number of fused-ring (bicyclic) bond motifs is 3. The maximum Gasteiger partial charge on any atom is 0.255 e. The second-order valence-electron chi connectivity index (χ2n) is 10.0. The molecule has 1 saturated carbocycles. The standard InChI is InChI=1S/C26H30IN3O7/c1-6-7-37-22-14(27)10-15(29(2)3)12-8-11-9-13-19(30(4)5)21(32)18(25(28)35)24(34)26(13,36)23(33)16(11)20(31)17(12)22/h6,10-11,13,19,31,34,36H,1,7-9H2,2-5H3,(H2,28,35)/t11-,13-,19-,26-/m0/s1. The van der Waals surface area contributed by atoms with Crippen molar-refractivity contribution in [1.82, 2.24) is 4.90 Å². The molecule has 1 aromatic carbocycles. The number of amides is 1. The van der Waals surface area contributed by atoms with E-state index >= 15 is 0 Å². The van der Waals surface area contributed by atoms with Crippen molar-refractivity contribution in [3.05, 3.63) is 50.3 Å². The maximum atomic E-state index is 14.0. The van der Waals surface area contributed by atoms with Crippen LogP contribution in [0.15, 0.2) is 35.6 Å². The van der Waals surface area contributed by atoms with E-state index in [9.17, 15) is 29.7 Å². The number of halogens is 1. The van der Waals surface area contributed by atoms with Gasteiger partial charge in [-0.2, -0.15) is 0 Å². The molecule has 1 amide bonds. The average Bonchev–Trinajstić information content (AvgIpc) is 2.80. The molecule has 0 spiro atoms. The van der Waals surface area contributed by atoms with Crippen LogP contribution in [0.25, 0.3) is 5.76 Å². The van der Waals surface area contributed by atoms with Crippen LogP contribution in [0.5, 0.6) is 5.75 Å². The summed E-state index contributed by atoms with van der Waals surface area (Å²) in [5.74, 6) is -5.66. The largest absolute Gasteiger partial charge is 0.508 e. The molecule has 4 rings (SSSR count). The van der Waals surface area contributed by atoms with Crippen LogP contribution in [0.1, 0.15) is 17.5 Å². The van der Waals surface area contributed by atoms with Gasteiger partial charge in [-0.15, -0.1) is 0 Å². The fraction of sp³-hybridized carbons (Fsp3) is 0.423. The van der Waals surface area contributed by atoms with E-state index in [1.165, 1.54) is 4.90 Å². The Morgan fingerprint density at radius 1 is 1.30 bits per heavy atom. The van der Waals surface area contributed by atoms with E-state index in [2.05, 4.69) is 29.2 Å². The first-order valence-electron chi connectivity index (χ1n) is 11.7. The van der Waals surface area contributed by atoms with Crippen molar-refractivity contribution in [3.63, 3.8) is 0 Å². The molecule has 3 aliphatic carbocycles. The summed E-state index contributed by atoms with van der Waals surface area (Å²) in [4.78, 5) is 42.7. The van der Waals surface area contributed by atoms with Gasteiger partial charge in [-0.3, -0.25) is 19.3 Å². The summed E-state index contributed by atoms with van der Waals surface area (Å²) < 4.78 is 6.58. The molecule has 198 valence electrons. The van der Waals surface area contributed by atoms with E-state index in [1.807, 2.05) is 25.1 Å². The maximum absolute atomic E-state index is 14.0. The highest BCUT2D eigenvalue weighted by atomic mass is 127. The first-order valence-corrected chi connectivity index (χ1v) is 12.8. The number of ketones is 2.